The minimum Gasteiger partial charge on any atom is -0.443 e. The number of aromatic nitrogens is 2. The van der Waals surface area contributed by atoms with E-state index in [0.29, 0.717) is 37.6 Å². The summed E-state index contributed by atoms with van der Waals surface area (Å²) >= 11 is 6.71. The molecule has 2 N–H and O–H groups in total. The van der Waals surface area contributed by atoms with Gasteiger partial charge in [-0.3, -0.25) is 9.69 Å². The second kappa shape index (κ2) is 11.1. The zero-order valence-corrected chi connectivity index (χ0v) is 26.4. The van der Waals surface area contributed by atoms with Crippen molar-refractivity contribution < 1.29 is 14.3 Å². The summed E-state index contributed by atoms with van der Waals surface area (Å²) in [6.07, 6.45) is 16.3. The van der Waals surface area contributed by atoms with Gasteiger partial charge in [0.05, 0.1) is 36.3 Å². The van der Waals surface area contributed by atoms with E-state index in [9.17, 15) is 9.59 Å². The van der Waals surface area contributed by atoms with Crippen LogP contribution in [0.4, 0.5) is 4.79 Å². The molecular formula is C34H41ClN6O3. The van der Waals surface area contributed by atoms with Crippen molar-refractivity contribution in [3.05, 3.63) is 82.6 Å². The van der Waals surface area contributed by atoms with Gasteiger partial charge in [-0.15, -0.1) is 0 Å². The fourth-order valence-electron chi connectivity index (χ4n) is 6.73. The number of fused-ring (bicyclic) bond motifs is 2. The van der Waals surface area contributed by atoms with Crippen molar-refractivity contribution in [3.8, 4) is 0 Å². The van der Waals surface area contributed by atoms with E-state index in [2.05, 4.69) is 45.7 Å². The molecule has 5 aliphatic rings. The number of allylic oxidation sites excluding steroid dienone is 2. The summed E-state index contributed by atoms with van der Waals surface area (Å²) in [6.45, 7) is 6.80. The Kier molecular flexibility index (Phi) is 7.36. The highest BCUT2D eigenvalue weighted by atomic mass is 35.5. The normalized spacial score (nSPS) is 25.3. The highest BCUT2D eigenvalue weighted by molar-refractivity contribution is 6.30. The van der Waals surface area contributed by atoms with Gasteiger partial charge in [0, 0.05) is 44.7 Å². The Hall–Kier alpha value is -3.56. The fourth-order valence-corrected chi connectivity index (χ4v) is 6.90. The maximum absolute atomic E-state index is 13.5. The molecule has 3 heterocycles. The molecule has 9 nitrogen and oxygen atoms in total. The number of hydrogen-bond donors (Lipinski definition) is 2. The third kappa shape index (κ3) is 5.79. The lowest BCUT2D eigenvalue weighted by molar-refractivity contribution is -0.122. The van der Waals surface area contributed by atoms with Crippen molar-refractivity contribution in [1.82, 2.24) is 30.0 Å². The minimum atomic E-state index is -0.420. The molecule has 2 unspecified atom stereocenters. The maximum Gasteiger partial charge on any atom is 0.410 e. The van der Waals surface area contributed by atoms with Gasteiger partial charge in [-0.25, -0.2) is 9.78 Å². The van der Waals surface area contributed by atoms with Crippen LogP contribution in [0.5, 0.6) is 0 Å². The Morgan fingerprint density at radius 1 is 1.16 bits per heavy atom. The highest BCUT2D eigenvalue weighted by Gasteiger charge is 2.44. The zero-order valence-electron chi connectivity index (χ0n) is 25.7. The Morgan fingerprint density at radius 3 is 2.61 bits per heavy atom. The van der Waals surface area contributed by atoms with Gasteiger partial charge in [0.1, 0.15) is 5.60 Å². The number of imidazole rings is 1. The molecule has 0 bridgehead atoms. The minimum absolute atomic E-state index is 0.0281. The summed E-state index contributed by atoms with van der Waals surface area (Å²) in [7, 11) is 1.96. The van der Waals surface area contributed by atoms with Crippen molar-refractivity contribution in [2.75, 3.05) is 26.2 Å². The number of benzene rings is 1. The fraction of sp³-hybridized carbons (Fsp3) is 0.500. The van der Waals surface area contributed by atoms with Crippen molar-refractivity contribution >= 4 is 29.2 Å². The standard InChI is InChI=1S/C34H41ClN6O3/c1-33(8-9-33)19-28(42)38-30(27-20-36-21-39(27)3)26-17-22-5-4-12-37-29(22)31(24-7-6-23(35)18-25(24)26)40-13-15-41(16-14-40)32(43)44-34(2)10-11-34/h4-7,12,17-18,20-21,29-31,37H,8-11,13-16,19H2,1-3H3,(H,38,42)/t29?,30?,31-/m0/s1. The van der Waals surface area contributed by atoms with Crippen LogP contribution in [0.3, 0.4) is 0 Å². The van der Waals surface area contributed by atoms with E-state index in [1.165, 1.54) is 0 Å². The number of ether oxygens (including phenoxy) is 1. The van der Waals surface area contributed by atoms with Gasteiger partial charge in [-0.1, -0.05) is 36.7 Å². The topological polar surface area (TPSA) is 91.7 Å². The van der Waals surface area contributed by atoms with E-state index in [-0.39, 0.29) is 35.1 Å². The van der Waals surface area contributed by atoms with Gasteiger partial charge in [0.2, 0.25) is 5.91 Å². The monoisotopic (exact) mass is 616 g/mol. The number of dihydropyridines is 1. The molecule has 232 valence electrons. The molecule has 0 radical (unpaired) electrons. The third-order valence-electron chi connectivity index (χ3n) is 10.0. The largest absolute Gasteiger partial charge is 0.443 e. The van der Waals surface area contributed by atoms with Gasteiger partial charge in [-0.2, -0.15) is 0 Å². The first kappa shape index (κ1) is 29.2. The van der Waals surface area contributed by atoms with Crippen LogP contribution in [-0.2, 0) is 16.6 Å². The summed E-state index contributed by atoms with van der Waals surface area (Å²) < 4.78 is 7.74. The van der Waals surface area contributed by atoms with Crippen LogP contribution in [0.15, 0.2) is 60.7 Å². The number of hydrogen-bond acceptors (Lipinski definition) is 6. The molecule has 1 saturated heterocycles. The van der Waals surface area contributed by atoms with Crippen LogP contribution in [-0.4, -0.2) is 69.2 Å². The molecule has 7 rings (SSSR count). The SMILES string of the molecule is Cn1cncc1C(NC(=O)CC1(C)CC1)C1=CC2=CC=CNC2[C@@H](N2CCN(C(=O)OC3(C)CC3)CC2)c2ccc(Cl)cc21. The third-order valence-corrected chi connectivity index (χ3v) is 10.2. The van der Waals surface area contributed by atoms with Gasteiger partial charge in [0.25, 0.3) is 0 Å². The number of nitrogens with one attached hydrogen (secondary N) is 2. The molecule has 2 aromatic rings. The van der Waals surface area contributed by atoms with Crippen molar-refractivity contribution in [2.45, 2.75) is 69.7 Å². The van der Waals surface area contributed by atoms with Gasteiger partial charge in [-0.05, 0) is 84.7 Å². The molecule has 3 fully saturated rings. The smallest absolute Gasteiger partial charge is 0.410 e. The molecule has 3 atom stereocenters. The van der Waals surface area contributed by atoms with Crippen LogP contribution in [0.1, 0.15) is 74.9 Å². The second-order valence-corrected chi connectivity index (χ2v) is 14.1. The number of carbonyl (C=O) groups is 2. The lowest BCUT2D eigenvalue weighted by atomic mass is 9.88. The highest BCUT2D eigenvalue weighted by Crippen LogP contribution is 2.49. The predicted molar refractivity (Wildman–Crippen MR) is 170 cm³/mol. The lowest BCUT2D eigenvalue weighted by Gasteiger charge is -2.43. The Morgan fingerprint density at radius 2 is 1.93 bits per heavy atom. The average molecular weight is 617 g/mol. The van der Waals surface area contributed by atoms with E-state index >= 15 is 0 Å². The second-order valence-electron chi connectivity index (χ2n) is 13.7. The first-order valence-electron chi connectivity index (χ1n) is 15.7. The molecule has 2 saturated carbocycles. The van der Waals surface area contributed by atoms with E-state index in [1.54, 1.807) is 6.33 Å². The molecule has 1 aromatic carbocycles. The van der Waals surface area contributed by atoms with Crippen LogP contribution < -0.4 is 10.6 Å². The summed E-state index contributed by atoms with van der Waals surface area (Å²) in [5, 5.41) is 7.68. The number of carbonyl (C=O) groups excluding carboxylic acids is 2. The Balaban J connectivity index is 1.25. The molecule has 2 amide bonds. The van der Waals surface area contributed by atoms with Crippen LogP contribution in [0.2, 0.25) is 5.02 Å². The molecule has 10 heteroatoms. The van der Waals surface area contributed by atoms with Crippen LogP contribution >= 0.6 is 11.6 Å². The molecular weight excluding hydrogens is 576 g/mol. The van der Waals surface area contributed by atoms with Gasteiger partial charge in [0.15, 0.2) is 0 Å². The molecule has 44 heavy (non-hydrogen) atoms. The van der Waals surface area contributed by atoms with Crippen molar-refractivity contribution in [1.29, 1.82) is 0 Å². The lowest BCUT2D eigenvalue weighted by Crippen LogP contribution is -2.54. The van der Waals surface area contributed by atoms with Crippen molar-refractivity contribution in [2.24, 2.45) is 12.5 Å². The number of aryl methyl sites for hydroxylation is 1. The number of rotatable bonds is 7. The summed E-state index contributed by atoms with van der Waals surface area (Å²) in [5.41, 5.74) is 4.95. The van der Waals surface area contributed by atoms with Crippen LogP contribution in [0, 0.1) is 5.41 Å². The van der Waals surface area contributed by atoms with E-state index < -0.39 is 6.04 Å². The molecule has 3 aliphatic carbocycles. The molecule has 2 aliphatic heterocycles. The maximum atomic E-state index is 13.5. The van der Waals surface area contributed by atoms with Crippen LogP contribution in [0.25, 0.3) is 5.57 Å². The quantitative estimate of drug-likeness (QED) is 0.440. The van der Waals surface area contributed by atoms with E-state index in [1.807, 2.05) is 54.0 Å². The van der Waals surface area contributed by atoms with E-state index in [4.69, 9.17) is 16.3 Å². The summed E-state index contributed by atoms with van der Waals surface area (Å²) in [5.74, 6) is 0.0386. The predicted octanol–water partition coefficient (Wildman–Crippen LogP) is 5.28. The molecule has 1 aromatic heterocycles. The summed E-state index contributed by atoms with van der Waals surface area (Å²) in [4.78, 5) is 35.1. The first-order chi connectivity index (χ1) is 21.1. The molecule has 0 spiro atoms. The number of piperazine rings is 1. The van der Waals surface area contributed by atoms with Crippen molar-refractivity contribution in [3.63, 3.8) is 0 Å². The number of amides is 2. The zero-order chi connectivity index (χ0) is 30.6. The summed E-state index contributed by atoms with van der Waals surface area (Å²) in [6, 6.07) is 5.63. The number of halogens is 1. The Labute approximate surface area is 264 Å². The Bertz CT molecular complexity index is 1560. The number of nitrogens with zero attached hydrogens (tertiary/aromatic N) is 4. The van der Waals surface area contributed by atoms with Gasteiger partial charge < -0.3 is 24.8 Å². The average Bonchev–Trinajstić information content (AvgIpc) is 3.88. The first-order valence-corrected chi connectivity index (χ1v) is 16.1. The van der Waals surface area contributed by atoms with Gasteiger partial charge >= 0.3 is 6.09 Å². The van der Waals surface area contributed by atoms with E-state index in [0.717, 1.165) is 53.7 Å².